The molecule has 4 aliphatic rings. The van der Waals surface area contributed by atoms with Gasteiger partial charge in [-0.1, -0.05) is 0 Å². The van der Waals surface area contributed by atoms with E-state index < -0.39 is 0 Å². The highest BCUT2D eigenvalue weighted by Crippen LogP contribution is 2.54. The van der Waals surface area contributed by atoms with Crippen molar-refractivity contribution in [2.24, 2.45) is 23.7 Å². The van der Waals surface area contributed by atoms with Crippen LogP contribution < -0.4 is 5.32 Å². The molecule has 4 fully saturated rings. The van der Waals surface area contributed by atoms with Gasteiger partial charge in [0.1, 0.15) is 0 Å². The smallest absolute Gasteiger partial charge is 0.0343 e. The highest BCUT2D eigenvalue weighted by molar-refractivity contribution is 14.1. The minimum atomic E-state index is 0.762. The maximum absolute atomic E-state index is 3.85. The molecule has 0 saturated heterocycles. The van der Waals surface area contributed by atoms with Gasteiger partial charge in [-0.2, -0.15) is 0 Å². The Kier molecular flexibility index (Phi) is 2.82. The normalized spacial score (nSPS) is 41.1. The van der Waals surface area contributed by atoms with Crippen LogP contribution in [0, 0.1) is 27.2 Å². The number of hydrogen-bond acceptors (Lipinski definition) is 1. The lowest BCUT2D eigenvalue weighted by Gasteiger charge is -2.54. The molecule has 0 aromatic heterocycles. The summed E-state index contributed by atoms with van der Waals surface area (Å²) in [4.78, 5) is 0. The average molecular weight is 353 g/mol. The Morgan fingerprint density at radius 1 is 0.833 bits per heavy atom. The molecule has 5 rings (SSSR count). The van der Waals surface area contributed by atoms with E-state index in [-0.39, 0.29) is 0 Å². The average Bonchev–Trinajstić information content (AvgIpc) is 2.35. The topological polar surface area (TPSA) is 12.0 Å². The molecule has 1 N–H and O–H groups in total. The number of hydrogen-bond donors (Lipinski definition) is 1. The Balaban J connectivity index is 1.53. The summed E-state index contributed by atoms with van der Waals surface area (Å²) in [6.45, 7) is 0. The van der Waals surface area contributed by atoms with Gasteiger partial charge in [0, 0.05) is 15.3 Å². The standard InChI is InChI=1S/C16H20IN/c17-14-1-3-15(4-2-14)18-16-12-6-10-5-11(8-12)9-13(16)7-10/h1-4,10-13,16,18H,5-9H2. The van der Waals surface area contributed by atoms with E-state index in [9.17, 15) is 0 Å². The Labute approximate surface area is 123 Å². The fraction of sp³-hybridized carbons (Fsp3) is 0.625. The first-order valence-electron chi connectivity index (χ1n) is 7.30. The van der Waals surface area contributed by atoms with E-state index in [2.05, 4.69) is 52.2 Å². The Bertz CT molecular complexity index is 411. The Morgan fingerprint density at radius 3 is 1.94 bits per heavy atom. The van der Waals surface area contributed by atoms with Crippen molar-refractivity contribution in [3.8, 4) is 0 Å². The van der Waals surface area contributed by atoms with Crippen LogP contribution in [0.4, 0.5) is 5.69 Å². The van der Waals surface area contributed by atoms with E-state index in [0.29, 0.717) is 0 Å². The van der Waals surface area contributed by atoms with Crippen LogP contribution in [-0.4, -0.2) is 6.04 Å². The SMILES string of the molecule is Ic1ccc(NC2C3CC4CC(C3)CC2C4)cc1. The highest BCUT2D eigenvalue weighted by atomic mass is 127. The van der Waals surface area contributed by atoms with Gasteiger partial charge in [0.25, 0.3) is 0 Å². The van der Waals surface area contributed by atoms with Crippen molar-refractivity contribution in [3.63, 3.8) is 0 Å². The Hall–Kier alpha value is -0.250. The fourth-order valence-corrected chi connectivity index (χ4v) is 5.26. The van der Waals surface area contributed by atoms with Gasteiger partial charge in [-0.05, 0) is 103 Å². The highest BCUT2D eigenvalue weighted by Gasteiger charge is 2.48. The van der Waals surface area contributed by atoms with Crippen molar-refractivity contribution >= 4 is 28.3 Å². The van der Waals surface area contributed by atoms with Crippen molar-refractivity contribution in [1.29, 1.82) is 0 Å². The summed E-state index contributed by atoms with van der Waals surface area (Å²) in [5.41, 5.74) is 1.33. The number of rotatable bonds is 2. The van der Waals surface area contributed by atoms with E-state index >= 15 is 0 Å². The third kappa shape index (κ3) is 1.97. The maximum atomic E-state index is 3.85. The van der Waals surface area contributed by atoms with Crippen LogP contribution in [0.2, 0.25) is 0 Å². The zero-order chi connectivity index (χ0) is 12.1. The molecule has 0 aliphatic heterocycles. The van der Waals surface area contributed by atoms with Crippen molar-refractivity contribution in [3.05, 3.63) is 27.8 Å². The predicted octanol–water partition coefficient (Wildman–Crippen LogP) is 4.53. The second-order valence-corrected chi connectivity index (χ2v) is 7.85. The maximum Gasteiger partial charge on any atom is 0.0343 e. The molecule has 4 bridgehead atoms. The fourth-order valence-electron chi connectivity index (χ4n) is 4.90. The molecule has 0 unspecified atom stereocenters. The summed E-state index contributed by atoms with van der Waals surface area (Å²) in [6, 6.07) is 9.66. The molecule has 0 atom stereocenters. The van der Waals surface area contributed by atoms with Crippen LogP contribution in [0.15, 0.2) is 24.3 Å². The molecule has 96 valence electrons. The van der Waals surface area contributed by atoms with Crippen LogP contribution in [0.1, 0.15) is 32.1 Å². The molecule has 4 aliphatic carbocycles. The summed E-state index contributed by atoms with van der Waals surface area (Å²) in [6.07, 6.45) is 7.53. The number of nitrogens with one attached hydrogen (secondary N) is 1. The molecule has 0 heterocycles. The summed E-state index contributed by atoms with van der Waals surface area (Å²) in [5, 5.41) is 3.85. The third-order valence-electron chi connectivity index (χ3n) is 5.40. The second kappa shape index (κ2) is 4.39. The van der Waals surface area contributed by atoms with Crippen molar-refractivity contribution in [2.75, 3.05) is 5.32 Å². The number of benzene rings is 1. The van der Waals surface area contributed by atoms with Crippen LogP contribution in [0.5, 0.6) is 0 Å². The van der Waals surface area contributed by atoms with E-state index in [1.54, 1.807) is 6.42 Å². The van der Waals surface area contributed by atoms with Gasteiger partial charge in [-0.25, -0.2) is 0 Å². The molecule has 4 saturated carbocycles. The summed E-state index contributed by atoms with van der Waals surface area (Å²) in [5.74, 6) is 4.06. The molecule has 1 aromatic carbocycles. The van der Waals surface area contributed by atoms with Gasteiger partial charge in [-0.15, -0.1) is 0 Å². The van der Waals surface area contributed by atoms with Crippen molar-refractivity contribution < 1.29 is 0 Å². The van der Waals surface area contributed by atoms with Gasteiger partial charge >= 0.3 is 0 Å². The summed E-state index contributed by atoms with van der Waals surface area (Å²) in [7, 11) is 0. The number of halogens is 1. The second-order valence-electron chi connectivity index (χ2n) is 6.61. The lowest BCUT2D eigenvalue weighted by atomic mass is 9.54. The van der Waals surface area contributed by atoms with Gasteiger partial charge < -0.3 is 5.32 Å². The molecule has 0 spiro atoms. The van der Waals surface area contributed by atoms with Crippen molar-refractivity contribution in [1.82, 2.24) is 0 Å². The van der Waals surface area contributed by atoms with E-state index in [1.165, 1.54) is 34.9 Å². The van der Waals surface area contributed by atoms with Crippen LogP contribution >= 0.6 is 22.6 Å². The molecule has 0 radical (unpaired) electrons. The largest absolute Gasteiger partial charge is 0.382 e. The van der Waals surface area contributed by atoms with Gasteiger partial charge in [0.05, 0.1) is 0 Å². The minimum Gasteiger partial charge on any atom is -0.382 e. The lowest BCUT2D eigenvalue weighted by Crippen LogP contribution is -2.51. The van der Waals surface area contributed by atoms with E-state index in [0.717, 1.165) is 29.7 Å². The molecular weight excluding hydrogens is 333 g/mol. The molecular formula is C16H20IN. The monoisotopic (exact) mass is 353 g/mol. The Morgan fingerprint density at radius 2 is 1.39 bits per heavy atom. The molecule has 18 heavy (non-hydrogen) atoms. The predicted molar refractivity (Wildman–Crippen MR) is 83.6 cm³/mol. The minimum absolute atomic E-state index is 0.762. The first-order chi connectivity index (χ1) is 8.78. The first kappa shape index (κ1) is 11.6. The zero-order valence-electron chi connectivity index (χ0n) is 10.6. The van der Waals surface area contributed by atoms with Gasteiger partial charge in [0.15, 0.2) is 0 Å². The molecule has 1 aromatic rings. The van der Waals surface area contributed by atoms with Crippen molar-refractivity contribution in [2.45, 2.75) is 38.1 Å². The number of anilines is 1. The van der Waals surface area contributed by atoms with E-state index in [1.807, 2.05) is 0 Å². The third-order valence-corrected chi connectivity index (χ3v) is 6.12. The quantitative estimate of drug-likeness (QED) is 0.771. The van der Waals surface area contributed by atoms with Crippen LogP contribution in [0.3, 0.4) is 0 Å². The molecule has 1 nitrogen and oxygen atoms in total. The van der Waals surface area contributed by atoms with Gasteiger partial charge in [0.2, 0.25) is 0 Å². The summed E-state index contributed by atoms with van der Waals surface area (Å²) >= 11 is 2.37. The van der Waals surface area contributed by atoms with E-state index in [4.69, 9.17) is 0 Å². The van der Waals surface area contributed by atoms with Gasteiger partial charge in [-0.3, -0.25) is 0 Å². The zero-order valence-corrected chi connectivity index (χ0v) is 12.8. The lowest BCUT2D eigenvalue weighted by molar-refractivity contribution is 0.00754. The molecule has 2 heteroatoms. The van der Waals surface area contributed by atoms with Crippen LogP contribution in [0.25, 0.3) is 0 Å². The molecule has 0 amide bonds. The summed E-state index contributed by atoms with van der Waals surface area (Å²) < 4.78 is 1.32. The first-order valence-corrected chi connectivity index (χ1v) is 8.38. The van der Waals surface area contributed by atoms with Crippen LogP contribution in [-0.2, 0) is 0 Å².